The van der Waals surface area contributed by atoms with E-state index in [-0.39, 0.29) is 5.91 Å². The van der Waals surface area contributed by atoms with Crippen molar-refractivity contribution in [1.29, 1.82) is 0 Å². The molecule has 0 spiro atoms. The third-order valence-corrected chi connectivity index (χ3v) is 6.30. The first kappa shape index (κ1) is 23.1. The highest BCUT2D eigenvalue weighted by Gasteiger charge is 2.19. The number of rotatable bonds is 8. The number of carbonyl (C=O) groups is 1. The van der Waals surface area contributed by atoms with Gasteiger partial charge in [0.05, 0.1) is 5.69 Å². The van der Waals surface area contributed by atoms with E-state index < -0.39 is 0 Å². The molecule has 0 atom stereocenters. The third-order valence-electron chi connectivity index (χ3n) is 6.30. The molecule has 1 aliphatic rings. The Labute approximate surface area is 197 Å². The summed E-state index contributed by atoms with van der Waals surface area (Å²) in [5, 5.41) is 7.68. The molecule has 0 saturated carbocycles. The van der Waals surface area contributed by atoms with Gasteiger partial charge in [-0.1, -0.05) is 49.2 Å². The van der Waals surface area contributed by atoms with Gasteiger partial charge in [0, 0.05) is 50.6 Å². The standard InChI is InChI=1S/C27H35N5O/c1-4-8-24-20-25(29-32(24)23-9-6-5-7-10-23)27(33)28-13-14-30-15-17-31(18-16-30)26-12-11-21(2)19-22(26)3/h5-7,9-12,19-20H,4,8,13-18H2,1-3H3,(H,28,33). The molecule has 1 saturated heterocycles. The topological polar surface area (TPSA) is 53.4 Å². The number of carbonyl (C=O) groups excluding carboxylic acids is 1. The molecule has 2 heterocycles. The van der Waals surface area contributed by atoms with Crippen LogP contribution < -0.4 is 10.2 Å². The minimum atomic E-state index is -0.101. The number of nitrogens with zero attached hydrogens (tertiary/aromatic N) is 4. The van der Waals surface area contributed by atoms with E-state index in [0.717, 1.165) is 56.9 Å². The van der Waals surface area contributed by atoms with Crippen LogP contribution in [0.15, 0.2) is 54.6 Å². The van der Waals surface area contributed by atoms with E-state index in [1.54, 1.807) is 0 Å². The molecule has 0 unspecified atom stereocenters. The highest BCUT2D eigenvalue weighted by Crippen LogP contribution is 2.22. The van der Waals surface area contributed by atoms with Crippen molar-refractivity contribution in [1.82, 2.24) is 20.0 Å². The largest absolute Gasteiger partial charge is 0.369 e. The molecule has 174 valence electrons. The molecule has 6 heteroatoms. The number of piperazine rings is 1. The predicted octanol–water partition coefficient (Wildman–Crippen LogP) is 3.99. The highest BCUT2D eigenvalue weighted by molar-refractivity contribution is 5.92. The Morgan fingerprint density at radius 2 is 1.76 bits per heavy atom. The lowest BCUT2D eigenvalue weighted by Gasteiger charge is -2.36. The smallest absolute Gasteiger partial charge is 0.271 e. The molecule has 6 nitrogen and oxygen atoms in total. The first-order valence-corrected chi connectivity index (χ1v) is 12.0. The molecule has 1 amide bonds. The average Bonchev–Trinajstić information content (AvgIpc) is 3.25. The SMILES string of the molecule is CCCc1cc(C(=O)NCCN2CCN(c3ccc(C)cc3C)CC2)nn1-c1ccccc1. The normalized spacial score (nSPS) is 14.5. The maximum atomic E-state index is 12.8. The van der Waals surface area contributed by atoms with E-state index in [1.807, 2.05) is 41.1 Å². The molecule has 1 N–H and O–H groups in total. The average molecular weight is 446 g/mol. The molecule has 0 aliphatic carbocycles. The lowest BCUT2D eigenvalue weighted by atomic mass is 10.1. The second-order valence-electron chi connectivity index (χ2n) is 8.89. The summed E-state index contributed by atoms with van der Waals surface area (Å²) in [5.74, 6) is -0.101. The summed E-state index contributed by atoms with van der Waals surface area (Å²) in [6, 6.07) is 18.6. The second-order valence-corrected chi connectivity index (χ2v) is 8.89. The van der Waals surface area contributed by atoms with Gasteiger partial charge >= 0.3 is 0 Å². The number of anilines is 1. The number of benzene rings is 2. The lowest BCUT2D eigenvalue weighted by Crippen LogP contribution is -2.48. The van der Waals surface area contributed by atoms with Gasteiger partial charge in [-0.2, -0.15) is 5.10 Å². The van der Waals surface area contributed by atoms with Gasteiger partial charge in [0.2, 0.25) is 0 Å². The van der Waals surface area contributed by atoms with E-state index >= 15 is 0 Å². The van der Waals surface area contributed by atoms with E-state index in [0.29, 0.717) is 12.2 Å². The molecular weight excluding hydrogens is 410 g/mol. The van der Waals surface area contributed by atoms with Gasteiger partial charge in [-0.3, -0.25) is 9.69 Å². The molecular formula is C27H35N5O. The van der Waals surface area contributed by atoms with Crippen LogP contribution in [0.25, 0.3) is 5.69 Å². The molecule has 3 aromatic rings. The van der Waals surface area contributed by atoms with Crippen LogP contribution in [0, 0.1) is 13.8 Å². The number of nitrogens with one attached hydrogen (secondary N) is 1. The van der Waals surface area contributed by atoms with E-state index in [9.17, 15) is 4.79 Å². The van der Waals surface area contributed by atoms with Crippen molar-refractivity contribution in [2.75, 3.05) is 44.2 Å². The fourth-order valence-corrected chi connectivity index (χ4v) is 4.55. The Kier molecular flexibility index (Phi) is 7.45. The Balaban J connectivity index is 1.28. The molecule has 0 radical (unpaired) electrons. The summed E-state index contributed by atoms with van der Waals surface area (Å²) in [6.45, 7) is 12.0. The Hall–Kier alpha value is -3.12. The van der Waals surface area contributed by atoms with Crippen molar-refractivity contribution < 1.29 is 4.79 Å². The zero-order valence-electron chi connectivity index (χ0n) is 20.1. The number of aryl methyl sites for hydroxylation is 3. The summed E-state index contributed by atoms with van der Waals surface area (Å²) in [6.07, 6.45) is 1.90. The van der Waals surface area contributed by atoms with Crippen LogP contribution in [0.4, 0.5) is 5.69 Å². The molecule has 1 aromatic heterocycles. The first-order valence-electron chi connectivity index (χ1n) is 12.0. The van der Waals surface area contributed by atoms with E-state index in [1.165, 1.54) is 16.8 Å². The van der Waals surface area contributed by atoms with Gasteiger partial charge in [0.1, 0.15) is 0 Å². The number of para-hydroxylation sites is 1. The van der Waals surface area contributed by atoms with Crippen molar-refractivity contribution in [3.05, 3.63) is 77.1 Å². The first-order chi connectivity index (χ1) is 16.0. The van der Waals surface area contributed by atoms with Crippen molar-refractivity contribution in [2.45, 2.75) is 33.6 Å². The van der Waals surface area contributed by atoms with Crippen LogP contribution >= 0.6 is 0 Å². The van der Waals surface area contributed by atoms with Gasteiger partial charge in [0.25, 0.3) is 5.91 Å². The maximum absolute atomic E-state index is 12.8. The van der Waals surface area contributed by atoms with Crippen LogP contribution in [0.3, 0.4) is 0 Å². The van der Waals surface area contributed by atoms with Crippen LogP contribution in [0.5, 0.6) is 0 Å². The van der Waals surface area contributed by atoms with Gasteiger partial charge in [-0.05, 0) is 50.1 Å². The van der Waals surface area contributed by atoms with Gasteiger partial charge in [0.15, 0.2) is 5.69 Å². The van der Waals surface area contributed by atoms with Crippen molar-refractivity contribution in [3.63, 3.8) is 0 Å². The van der Waals surface area contributed by atoms with Crippen molar-refractivity contribution in [3.8, 4) is 5.69 Å². The van der Waals surface area contributed by atoms with Gasteiger partial charge < -0.3 is 10.2 Å². The summed E-state index contributed by atoms with van der Waals surface area (Å²) in [5.41, 5.74) is 6.53. The number of amides is 1. The maximum Gasteiger partial charge on any atom is 0.271 e. The van der Waals surface area contributed by atoms with Gasteiger partial charge in [-0.15, -0.1) is 0 Å². The molecule has 33 heavy (non-hydrogen) atoms. The van der Waals surface area contributed by atoms with E-state index in [4.69, 9.17) is 0 Å². The number of hydrogen-bond donors (Lipinski definition) is 1. The van der Waals surface area contributed by atoms with Crippen LogP contribution in [0.2, 0.25) is 0 Å². The summed E-state index contributed by atoms with van der Waals surface area (Å²) >= 11 is 0. The quantitative estimate of drug-likeness (QED) is 0.570. The Morgan fingerprint density at radius 1 is 1.00 bits per heavy atom. The molecule has 4 rings (SSSR count). The van der Waals surface area contributed by atoms with Gasteiger partial charge in [-0.25, -0.2) is 4.68 Å². The molecule has 0 bridgehead atoms. The second kappa shape index (κ2) is 10.7. The number of aromatic nitrogens is 2. The zero-order chi connectivity index (χ0) is 23.2. The predicted molar refractivity (Wildman–Crippen MR) is 134 cm³/mol. The summed E-state index contributed by atoms with van der Waals surface area (Å²) in [4.78, 5) is 17.7. The molecule has 1 fully saturated rings. The fourth-order valence-electron chi connectivity index (χ4n) is 4.55. The Bertz CT molecular complexity index is 1070. The summed E-state index contributed by atoms with van der Waals surface area (Å²) < 4.78 is 1.89. The van der Waals surface area contributed by atoms with Crippen LogP contribution in [-0.4, -0.2) is 59.9 Å². The molecule has 1 aliphatic heterocycles. The monoisotopic (exact) mass is 445 g/mol. The van der Waals surface area contributed by atoms with Crippen LogP contribution in [-0.2, 0) is 6.42 Å². The summed E-state index contributed by atoms with van der Waals surface area (Å²) in [7, 11) is 0. The minimum absolute atomic E-state index is 0.101. The third kappa shape index (κ3) is 5.63. The van der Waals surface area contributed by atoms with E-state index in [2.05, 4.69) is 59.2 Å². The fraction of sp³-hybridized carbons (Fsp3) is 0.407. The van der Waals surface area contributed by atoms with Crippen molar-refractivity contribution >= 4 is 11.6 Å². The number of hydrogen-bond acceptors (Lipinski definition) is 4. The Morgan fingerprint density at radius 3 is 2.45 bits per heavy atom. The molecule has 2 aromatic carbocycles. The zero-order valence-corrected chi connectivity index (χ0v) is 20.1. The lowest BCUT2D eigenvalue weighted by molar-refractivity contribution is 0.0942. The van der Waals surface area contributed by atoms with Crippen LogP contribution in [0.1, 0.15) is 40.7 Å². The highest BCUT2D eigenvalue weighted by atomic mass is 16.1. The minimum Gasteiger partial charge on any atom is -0.369 e. The van der Waals surface area contributed by atoms with Crippen molar-refractivity contribution in [2.24, 2.45) is 0 Å².